The van der Waals surface area contributed by atoms with Crippen molar-refractivity contribution in [1.29, 1.82) is 0 Å². The predicted molar refractivity (Wildman–Crippen MR) is 86.3 cm³/mol. The molecule has 2 rings (SSSR count). The minimum absolute atomic E-state index is 0.0627. The van der Waals surface area contributed by atoms with Crippen molar-refractivity contribution in [2.24, 2.45) is 5.73 Å². The largest absolute Gasteiger partial charge is 0.460 e. The lowest BCUT2D eigenvalue weighted by Gasteiger charge is -2.01. The zero-order valence-corrected chi connectivity index (χ0v) is 13.5. The fourth-order valence-corrected chi connectivity index (χ4v) is 1.99. The van der Waals surface area contributed by atoms with Gasteiger partial charge in [-0.2, -0.15) is 8.42 Å². The Labute approximate surface area is 135 Å². The maximum absolute atomic E-state index is 10.6. The van der Waals surface area contributed by atoms with Gasteiger partial charge >= 0.3 is 5.97 Å². The fourth-order valence-electron chi connectivity index (χ4n) is 1.51. The normalized spacial score (nSPS) is 10.4. The van der Waals surface area contributed by atoms with Gasteiger partial charge in [0.15, 0.2) is 0 Å². The molecular weight excluding hydrogens is 318 g/mol. The van der Waals surface area contributed by atoms with Crippen molar-refractivity contribution >= 4 is 16.1 Å². The standard InChI is InChI=1S/C9H11NO2.C7H8O3S/c10-6-9(11)12-7-8-4-2-1-3-5-8;1-6-2-4-7(5-3-6)11(8,9)10/h1-5H,6-7,10H2;2-5H,1H3,(H,8,9,10). The molecule has 2 aromatic rings. The molecule has 3 N–H and O–H groups in total. The zero-order valence-electron chi connectivity index (χ0n) is 12.7. The van der Waals surface area contributed by atoms with E-state index < -0.39 is 10.1 Å². The van der Waals surface area contributed by atoms with E-state index in [0.717, 1.165) is 11.1 Å². The molecule has 0 bridgehead atoms. The van der Waals surface area contributed by atoms with Crippen LogP contribution in [0.2, 0.25) is 0 Å². The van der Waals surface area contributed by atoms with Crippen molar-refractivity contribution < 1.29 is 22.5 Å². The van der Waals surface area contributed by atoms with Gasteiger partial charge in [0.05, 0.1) is 11.4 Å². The lowest BCUT2D eigenvalue weighted by molar-refractivity contribution is -0.143. The van der Waals surface area contributed by atoms with Crippen LogP contribution in [0.5, 0.6) is 0 Å². The van der Waals surface area contributed by atoms with Gasteiger partial charge in [-0.15, -0.1) is 0 Å². The summed E-state index contributed by atoms with van der Waals surface area (Å²) in [5, 5.41) is 0. The second kappa shape index (κ2) is 9.04. The topological polar surface area (TPSA) is 107 Å². The van der Waals surface area contributed by atoms with Gasteiger partial charge in [0.25, 0.3) is 10.1 Å². The molecule has 2 aromatic carbocycles. The van der Waals surface area contributed by atoms with E-state index >= 15 is 0 Å². The van der Waals surface area contributed by atoms with Crippen LogP contribution in [0.4, 0.5) is 0 Å². The number of carbonyl (C=O) groups excluding carboxylic acids is 1. The minimum atomic E-state index is -4.02. The Kier molecular flexibility index (Phi) is 7.40. The molecule has 0 unspecified atom stereocenters. The summed E-state index contributed by atoms with van der Waals surface area (Å²) < 4.78 is 34.4. The van der Waals surface area contributed by atoms with Crippen molar-refractivity contribution in [2.45, 2.75) is 18.4 Å². The minimum Gasteiger partial charge on any atom is -0.460 e. The molecule has 7 heteroatoms. The van der Waals surface area contributed by atoms with Crippen LogP contribution in [0.1, 0.15) is 11.1 Å². The molecule has 0 fully saturated rings. The van der Waals surface area contributed by atoms with Gasteiger partial charge in [-0.25, -0.2) is 0 Å². The van der Waals surface area contributed by atoms with E-state index in [1.54, 1.807) is 12.1 Å². The summed E-state index contributed by atoms with van der Waals surface area (Å²) in [7, 11) is -4.02. The third kappa shape index (κ3) is 7.55. The molecule has 6 nitrogen and oxygen atoms in total. The summed E-state index contributed by atoms with van der Waals surface area (Å²) in [5.74, 6) is -0.376. The molecule has 0 aliphatic heterocycles. The number of benzene rings is 2. The Morgan fingerprint density at radius 3 is 2.13 bits per heavy atom. The number of hydrogen-bond donors (Lipinski definition) is 2. The maximum atomic E-state index is 10.6. The number of esters is 1. The SMILES string of the molecule is Cc1ccc(S(=O)(=O)O)cc1.NCC(=O)OCc1ccccc1. The molecule has 124 valence electrons. The first kappa shape index (κ1) is 18.8. The monoisotopic (exact) mass is 337 g/mol. The molecule has 23 heavy (non-hydrogen) atoms. The van der Waals surface area contributed by atoms with E-state index in [1.807, 2.05) is 37.3 Å². The van der Waals surface area contributed by atoms with Crippen molar-refractivity contribution in [3.05, 3.63) is 65.7 Å². The lowest BCUT2D eigenvalue weighted by Crippen LogP contribution is -2.16. The van der Waals surface area contributed by atoms with Crippen LogP contribution in [-0.4, -0.2) is 25.5 Å². The number of hydrogen-bond acceptors (Lipinski definition) is 5. The highest BCUT2D eigenvalue weighted by Crippen LogP contribution is 2.08. The van der Waals surface area contributed by atoms with Crippen LogP contribution in [0.3, 0.4) is 0 Å². The molecule has 0 spiro atoms. The summed E-state index contributed by atoms with van der Waals surface area (Å²) in [6, 6.07) is 15.5. The first-order chi connectivity index (χ1) is 10.8. The summed E-state index contributed by atoms with van der Waals surface area (Å²) in [6.07, 6.45) is 0. The number of aryl methyl sites for hydroxylation is 1. The third-order valence-corrected chi connectivity index (χ3v) is 3.60. The average molecular weight is 337 g/mol. The molecule has 0 aromatic heterocycles. The van der Waals surface area contributed by atoms with E-state index in [4.69, 9.17) is 15.0 Å². The highest BCUT2D eigenvalue weighted by atomic mass is 32.2. The maximum Gasteiger partial charge on any atom is 0.320 e. The highest BCUT2D eigenvalue weighted by molar-refractivity contribution is 7.85. The van der Waals surface area contributed by atoms with Gasteiger partial charge in [-0.3, -0.25) is 9.35 Å². The second-order valence-corrected chi connectivity index (χ2v) is 6.06. The first-order valence-electron chi connectivity index (χ1n) is 6.76. The zero-order chi connectivity index (χ0) is 17.3. The fraction of sp³-hybridized carbons (Fsp3) is 0.188. The van der Waals surface area contributed by atoms with Gasteiger partial charge in [-0.1, -0.05) is 48.0 Å². The van der Waals surface area contributed by atoms with Crippen molar-refractivity contribution in [3.63, 3.8) is 0 Å². The van der Waals surface area contributed by atoms with Gasteiger partial charge in [-0.05, 0) is 24.6 Å². The Morgan fingerprint density at radius 1 is 1.09 bits per heavy atom. The van der Waals surface area contributed by atoms with Gasteiger partial charge < -0.3 is 10.5 Å². The Balaban J connectivity index is 0.000000231. The molecule has 0 heterocycles. The van der Waals surface area contributed by atoms with E-state index in [0.29, 0.717) is 6.61 Å². The van der Waals surface area contributed by atoms with Gasteiger partial charge in [0, 0.05) is 0 Å². The number of rotatable bonds is 4. The Bertz CT molecular complexity index is 712. The van der Waals surface area contributed by atoms with Crippen LogP contribution in [0.15, 0.2) is 59.5 Å². The molecule has 0 atom stereocenters. The van der Waals surface area contributed by atoms with E-state index in [1.165, 1.54) is 12.1 Å². The van der Waals surface area contributed by atoms with E-state index in [2.05, 4.69) is 0 Å². The molecule has 0 amide bonds. The summed E-state index contributed by atoms with van der Waals surface area (Å²) in [4.78, 5) is 10.6. The molecule has 0 radical (unpaired) electrons. The smallest absolute Gasteiger partial charge is 0.320 e. The lowest BCUT2D eigenvalue weighted by atomic mass is 10.2. The van der Waals surface area contributed by atoms with Crippen molar-refractivity contribution in [2.75, 3.05) is 6.54 Å². The van der Waals surface area contributed by atoms with Crippen molar-refractivity contribution in [1.82, 2.24) is 0 Å². The van der Waals surface area contributed by atoms with Crippen LogP contribution in [0.25, 0.3) is 0 Å². The molecule has 0 saturated heterocycles. The molecule has 0 saturated carbocycles. The number of carbonyl (C=O) groups is 1. The summed E-state index contributed by atoms with van der Waals surface area (Å²) >= 11 is 0. The van der Waals surface area contributed by atoms with Crippen molar-refractivity contribution in [3.8, 4) is 0 Å². The van der Waals surface area contributed by atoms with E-state index in [9.17, 15) is 13.2 Å². The van der Waals surface area contributed by atoms with Gasteiger partial charge in [0.2, 0.25) is 0 Å². The molecule has 0 aliphatic rings. The van der Waals surface area contributed by atoms with Gasteiger partial charge in [0.1, 0.15) is 6.61 Å². The predicted octanol–water partition coefficient (Wildman–Crippen LogP) is 1.93. The highest BCUT2D eigenvalue weighted by Gasteiger charge is 2.06. The quantitative estimate of drug-likeness (QED) is 0.652. The van der Waals surface area contributed by atoms with E-state index in [-0.39, 0.29) is 17.4 Å². The Morgan fingerprint density at radius 2 is 1.65 bits per heavy atom. The third-order valence-electron chi connectivity index (χ3n) is 2.73. The van der Waals surface area contributed by atoms with Crippen LogP contribution < -0.4 is 5.73 Å². The first-order valence-corrected chi connectivity index (χ1v) is 8.20. The van der Waals surface area contributed by atoms with Crippen LogP contribution in [0, 0.1) is 6.92 Å². The van der Waals surface area contributed by atoms with Crippen LogP contribution >= 0.6 is 0 Å². The summed E-state index contributed by atoms with van der Waals surface area (Å²) in [6.45, 7) is 2.08. The Hall–Kier alpha value is -2.22. The second-order valence-electron chi connectivity index (χ2n) is 4.64. The summed E-state index contributed by atoms with van der Waals surface area (Å²) in [5.41, 5.74) is 6.99. The number of nitrogens with two attached hydrogens (primary N) is 1. The average Bonchev–Trinajstić information content (AvgIpc) is 2.53. The molecular formula is C16H19NO5S. The van der Waals surface area contributed by atoms with Crippen LogP contribution in [-0.2, 0) is 26.3 Å². The number of ether oxygens (including phenoxy) is 1. The molecule has 0 aliphatic carbocycles.